The molecule has 2 N–H and O–H groups in total. The zero-order valence-electron chi connectivity index (χ0n) is 10.7. The van der Waals surface area contributed by atoms with Crippen molar-refractivity contribution in [3.8, 4) is 0 Å². The van der Waals surface area contributed by atoms with Crippen molar-refractivity contribution in [1.29, 1.82) is 0 Å². The third-order valence-corrected chi connectivity index (χ3v) is 3.60. The summed E-state index contributed by atoms with van der Waals surface area (Å²) in [6.07, 6.45) is 6.40. The highest BCUT2D eigenvalue weighted by molar-refractivity contribution is 5.76. The summed E-state index contributed by atoms with van der Waals surface area (Å²) >= 11 is 0. The number of likely N-dealkylation sites (tertiary alicyclic amines) is 1. The van der Waals surface area contributed by atoms with Crippen LogP contribution < -0.4 is 5.73 Å². The monoisotopic (exact) mass is 226 g/mol. The molecule has 16 heavy (non-hydrogen) atoms. The van der Waals surface area contributed by atoms with E-state index in [1.807, 2.05) is 4.90 Å². The van der Waals surface area contributed by atoms with Crippen molar-refractivity contribution in [3.63, 3.8) is 0 Å². The van der Waals surface area contributed by atoms with E-state index in [9.17, 15) is 4.79 Å². The molecule has 0 aromatic rings. The minimum atomic E-state index is 0.145. The number of rotatable bonds is 5. The van der Waals surface area contributed by atoms with E-state index in [1.54, 1.807) is 0 Å². The quantitative estimate of drug-likeness (QED) is 0.781. The maximum Gasteiger partial charge on any atom is 0.222 e. The molecule has 1 fully saturated rings. The average molecular weight is 226 g/mol. The topological polar surface area (TPSA) is 46.3 Å². The van der Waals surface area contributed by atoms with Crippen LogP contribution in [0.2, 0.25) is 0 Å². The Morgan fingerprint density at radius 2 is 2.19 bits per heavy atom. The van der Waals surface area contributed by atoms with Crippen LogP contribution in [0.3, 0.4) is 0 Å². The molecule has 0 aromatic carbocycles. The Kier molecular flexibility index (Phi) is 5.81. The van der Waals surface area contributed by atoms with Gasteiger partial charge in [0.1, 0.15) is 0 Å². The fourth-order valence-electron chi connectivity index (χ4n) is 2.40. The molecule has 1 amide bonds. The van der Waals surface area contributed by atoms with Crippen LogP contribution in [0.5, 0.6) is 0 Å². The molecule has 0 saturated carbocycles. The van der Waals surface area contributed by atoms with Crippen molar-refractivity contribution >= 4 is 5.91 Å². The molecular formula is C13H26N2O. The van der Waals surface area contributed by atoms with Crippen LogP contribution in [0.4, 0.5) is 0 Å². The SMILES string of the molecule is CCCC1CCC(=O)N(CC(N)CC)CC1. The van der Waals surface area contributed by atoms with E-state index in [2.05, 4.69) is 13.8 Å². The second-order valence-electron chi connectivity index (χ2n) is 4.99. The molecule has 0 bridgehead atoms. The summed E-state index contributed by atoms with van der Waals surface area (Å²) < 4.78 is 0. The van der Waals surface area contributed by atoms with E-state index >= 15 is 0 Å². The lowest BCUT2D eigenvalue weighted by atomic mass is 9.96. The first-order valence-electron chi connectivity index (χ1n) is 6.70. The minimum absolute atomic E-state index is 0.145. The van der Waals surface area contributed by atoms with Gasteiger partial charge in [-0.3, -0.25) is 4.79 Å². The van der Waals surface area contributed by atoms with Crippen molar-refractivity contribution in [3.05, 3.63) is 0 Å². The summed E-state index contributed by atoms with van der Waals surface area (Å²) in [6.45, 7) is 5.95. The molecule has 0 aliphatic carbocycles. The fraction of sp³-hybridized carbons (Fsp3) is 0.923. The van der Waals surface area contributed by atoms with Crippen LogP contribution >= 0.6 is 0 Å². The molecule has 1 saturated heterocycles. The summed E-state index contributed by atoms with van der Waals surface area (Å²) in [6, 6.07) is 0.145. The normalized spacial score (nSPS) is 24.3. The average Bonchev–Trinajstić information content (AvgIpc) is 2.44. The molecule has 1 rings (SSSR count). The molecule has 0 aromatic heterocycles. The van der Waals surface area contributed by atoms with E-state index < -0.39 is 0 Å². The highest BCUT2D eigenvalue weighted by Gasteiger charge is 2.22. The van der Waals surface area contributed by atoms with Crippen LogP contribution in [0.1, 0.15) is 52.4 Å². The van der Waals surface area contributed by atoms with E-state index in [0.29, 0.717) is 5.91 Å². The Bertz CT molecular complexity index is 218. The molecule has 94 valence electrons. The summed E-state index contributed by atoms with van der Waals surface area (Å²) in [5.41, 5.74) is 5.92. The summed E-state index contributed by atoms with van der Waals surface area (Å²) in [5, 5.41) is 0. The van der Waals surface area contributed by atoms with Gasteiger partial charge < -0.3 is 10.6 Å². The molecule has 3 nitrogen and oxygen atoms in total. The number of nitrogens with two attached hydrogens (primary N) is 1. The van der Waals surface area contributed by atoms with Crippen LogP contribution in [0, 0.1) is 5.92 Å². The van der Waals surface area contributed by atoms with Crippen molar-refractivity contribution < 1.29 is 4.79 Å². The van der Waals surface area contributed by atoms with Crippen molar-refractivity contribution in [2.45, 2.75) is 58.4 Å². The number of hydrogen-bond donors (Lipinski definition) is 1. The molecule has 3 heteroatoms. The van der Waals surface area contributed by atoms with E-state index in [-0.39, 0.29) is 6.04 Å². The molecule has 2 unspecified atom stereocenters. The third-order valence-electron chi connectivity index (χ3n) is 3.60. The van der Waals surface area contributed by atoms with Gasteiger partial charge in [0, 0.05) is 25.6 Å². The van der Waals surface area contributed by atoms with Crippen LogP contribution in [0.15, 0.2) is 0 Å². The van der Waals surface area contributed by atoms with Gasteiger partial charge in [-0.05, 0) is 25.2 Å². The van der Waals surface area contributed by atoms with Gasteiger partial charge in [0.25, 0.3) is 0 Å². The lowest BCUT2D eigenvalue weighted by Crippen LogP contribution is -2.40. The van der Waals surface area contributed by atoms with Gasteiger partial charge in [-0.25, -0.2) is 0 Å². The Hall–Kier alpha value is -0.570. The molecule has 2 atom stereocenters. The molecular weight excluding hydrogens is 200 g/mol. The largest absolute Gasteiger partial charge is 0.341 e. The van der Waals surface area contributed by atoms with E-state index in [1.165, 1.54) is 12.8 Å². The van der Waals surface area contributed by atoms with Crippen molar-refractivity contribution in [2.75, 3.05) is 13.1 Å². The third kappa shape index (κ3) is 4.12. The number of nitrogens with zero attached hydrogens (tertiary/aromatic N) is 1. The highest BCUT2D eigenvalue weighted by Crippen LogP contribution is 2.22. The van der Waals surface area contributed by atoms with Gasteiger partial charge in [-0.15, -0.1) is 0 Å². The van der Waals surface area contributed by atoms with Gasteiger partial charge in [0.05, 0.1) is 0 Å². The van der Waals surface area contributed by atoms with Crippen molar-refractivity contribution in [1.82, 2.24) is 4.90 Å². The van der Waals surface area contributed by atoms with E-state index in [0.717, 1.165) is 44.7 Å². The maximum atomic E-state index is 11.9. The van der Waals surface area contributed by atoms with Gasteiger partial charge in [0.2, 0.25) is 5.91 Å². The van der Waals surface area contributed by atoms with Crippen LogP contribution in [-0.2, 0) is 4.79 Å². The smallest absolute Gasteiger partial charge is 0.222 e. The molecule has 1 aliphatic rings. The first kappa shape index (κ1) is 13.5. The Morgan fingerprint density at radius 3 is 2.81 bits per heavy atom. The lowest BCUT2D eigenvalue weighted by Gasteiger charge is -2.24. The molecule has 0 radical (unpaired) electrons. The number of carbonyl (C=O) groups excluding carboxylic acids is 1. The second kappa shape index (κ2) is 6.89. The first-order chi connectivity index (χ1) is 7.67. The van der Waals surface area contributed by atoms with Gasteiger partial charge in [0.15, 0.2) is 0 Å². The zero-order chi connectivity index (χ0) is 12.0. The Balaban J connectivity index is 2.44. The standard InChI is InChI=1S/C13H26N2O/c1-3-5-11-6-7-13(16)15(9-8-11)10-12(14)4-2/h11-12H,3-10,14H2,1-2H3. The van der Waals surface area contributed by atoms with Crippen LogP contribution in [0.25, 0.3) is 0 Å². The first-order valence-corrected chi connectivity index (χ1v) is 6.70. The maximum absolute atomic E-state index is 11.9. The second-order valence-corrected chi connectivity index (χ2v) is 4.99. The van der Waals surface area contributed by atoms with Gasteiger partial charge in [-0.2, -0.15) is 0 Å². The number of hydrogen-bond acceptors (Lipinski definition) is 2. The Morgan fingerprint density at radius 1 is 1.44 bits per heavy atom. The fourth-order valence-corrected chi connectivity index (χ4v) is 2.40. The number of amides is 1. The lowest BCUT2D eigenvalue weighted by molar-refractivity contribution is -0.130. The van der Waals surface area contributed by atoms with Gasteiger partial charge >= 0.3 is 0 Å². The van der Waals surface area contributed by atoms with E-state index in [4.69, 9.17) is 5.73 Å². The summed E-state index contributed by atoms with van der Waals surface area (Å²) in [7, 11) is 0. The number of carbonyl (C=O) groups is 1. The minimum Gasteiger partial charge on any atom is -0.341 e. The highest BCUT2D eigenvalue weighted by atomic mass is 16.2. The molecule has 0 spiro atoms. The van der Waals surface area contributed by atoms with Gasteiger partial charge in [-0.1, -0.05) is 26.7 Å². The molecule has 1 aliphatic heterocycles. The predicted octanol–water partition coefficient (Wildman–Crippen LogP) is 2.15. The predicted molar refractivity (Wildman–Crippen MR) is 67.1 cm³/mol. The Labute approximate surface area is 99.4 Å². The van der Waals surface area contributed by atoms with Crippen LogP contribution in [-0.4, -0.2) is 29.9 Å². The summed E-state index contributed by atoms with van der Waals surface area (Å²) in [5.74, 6) is 1.05. The summed E-state index contributed by atoms with van der Waals surface area (Å²) in [4.78, 5) is 13.9. The zero-order valence-corrected chi connectivity index (χ0v) is 10.7. The van der Waals surface area contributed by atoms with Crippen molar-refractivity contribution in [2.24, 2.45) is 11.7 Å². The molecule has 1 heterocycles.